The van der Waals surface area contributed by atoms with Gasteiger partial charge in [0.05, 0.1) is 6.04 Å². The highest BCUT2D eigenvalue weighted by atomic mass is 16.5. The van der Waals surface area contributed by atoms with Gasteiger partial charge in [0.1, 0.15) is 11.4 Å². The van der Waals surface area contributed by atoms with Crippen LogP contribution in [0.3, 0.4) is 0 Å². The summed E-state index contributed by atoms with van der Waals surface area (Å²) >= 11 is 0. The van der Waals surface area contributed by atoms with Crippen molar-refractivity contribution in [1.29, 1.82) is 0 Å². The lowest BCUT2D eigenvalue weighted by molar-refractivity contribution is 0.0959. The SMILES string of the molecule is CC1(C)Oc2ccccc2C1NCCC1CCCC1. The van der Waals surface area contributed by atoms with Crippen LogP contribution in [0.15, 0.2) is 24.3 Å². The van der Waals surface area contributed by atoms with Gasteiger partial charge in [-0.2, -0.15) is 0 Å². The minimum Gasteiger partial charge on any atom is -0.486 e. The molecule has 0 aromatic heterocycles. The fraction of sp³-hybridized carbons (Fsp3) is 0.647. The van der Waals surface area contributed by atoms with Gasteiger partial charge in [-0.1, -0.05) is 43.9 Å². The van der Waals surface area contributed by atoms with E-state index in [-0.39, 0.29) is 5.60 Å². The molecule has 1 N–H and O–H groups in total. The van der Waals surface area contributed by atoms with Gasteiger partial charge in [0.15, 0.2) is 0 Å². The summed E-state index contributed by atoms with van der Waals surface area (Å²) in [5, 5.41) is 3.73. The van der Waals surface area contributed by atoms with E-state index in [1.54, 1.807) is 0 Å². The Morgan fingerprint density at radius 3 is 2.74 bits per heavy atom. The summed E-state index contributed by atoms with van der Waals surface area (Å²) < 4.78 is 6.07. The Kier molecular flexibility index (Phi) is 3.53. The van der Waals surface area contributed by atoms with E-state index in [9.17, 15) is 0 Å². The fourth-order valence-corrected chi connectivity index (χ4v) is 3.62. The zero-order chi connectivity index (χ0) is 13.3. The van der Waals surface area contributed by atoms with Crippen LogP contribution in [0, 0.1) is 5.92 Å². The smallest absolute Gasteiger partial charge is 0.125 e. The second kappa shape index (κ2) is 5.16. The van der Waals surface area contributed by atoms with E-state index in [1.807, 2.05) is 0 Å². The number of fused-ring (bicyclic) bond motifs is 1. The second-order valence-corrected chi connectivity index (χ2v) is 6.57. The molecule has 1 atom stereocenters. The Morgan fingerprint density at radius 1 is 1.21 bits per heavy atom. The van der Waals surface area contributed by atoms with Crippen molar-refractivity contribution in [2.24, 2.45) is 5.92 Å². The normalized spacial score (nSPS) is 25.3. The van der Waals surface area contributed by atoms with Gasteiger partial charge < -0.3 is 10.1 Å². The third kappa shape index (κ3) is 2.64. The Bertz CT molecular complexity index is 435. The van der Waals surface area contributed by atoms with Crippen LogP contribution in [0.2, 0.25) is 0 Å². The number of benzene rings is 1. The number of ether oxygens (including phenoxy) is 1. The molecule has 0 saturated heterocycles. The highest BCUT2D eigenvalue weighted by molar-refractivity contribution is 5.42. The summed E-state index contributed by atoms with van der Waals surface area (Å²) in [6, 6.07) is 8.75. The molecule has 1 fully saturated rings. The average Bonchev–Trinajstić information content (AvgIpc) is 2.96. The van der Waals surface area contributed by atoms with E-state index >= 15 is 0 Å². The fourth-order valence-electron chi connectivity index (χ4n) is 3.62. The van der Waals surface area contributed by atoms with Crippen molar-refractivity contribution in [3.05, 3.63) is 29.8 Å². The lowest BCUT2D eigenvalue weighted by Crippen LogP contribution is -2.39. The zero-order valence-electron chi connectivity index (χ0n) is 12.1. The topological polar surface area (TPSA) is 21.3 Å². The number of rotatable bonds is 4. The molecule has 1 heterocycles. The third-order valence-electron chi connectivity index (χ3n) is 4.67. The molecular weight excluding hydrogens is 234 g/mol. The van der Waals surface area contributed by atoms with Crippen molar-refractivity contribution in [1.82, 2.24) is 5.32 Å². The van der Waals surface area contributed by atoms with Crippen molar-refractivity contribution < 1.29 is 4.74 Å². The summed E-state index contributed by atoms with van der Waals surface area (Å²) in [4.78, 5) is 0. The standard InChI is InChI=1S/C17H25NO/c1-17(2)16(14-9-5-6-10-15(14)19-17)18-12-11-13-7-3-4-8-13/h5-6,9-10,13,16,18H,3-4,7-8,11-12H2,1-2H3. The highest BCUT2D eigenvalue weighted by Crippen LogP contribution is 2.42. The molecule has 0 bridgehead atoms. The molecule has 3 rings (SSSR count). The minimum absolute atomic E-state index is 0.140. The van der Waals surface area contributed by atoms with Crippen LogP contribution in [-0.4, -0.2) is 12.1 Å². The van der Waals surface area contributed by atoms with Crippen LogP contribution in [0.25, 0.3) is 0 Å². The molecule has 1 aliphatic carbocycles. The van der Waals surface area contributed by atoms with Gasteiger partial charge in [-0.05, 0) is 38.8 Å². The van der Waals surface area contributed by atoms with Crippen molar-refractivity contribution in [2.45, 2.75) is 57.6 Å². The third-order valence-corrected chi connectivity index (χ3v) is 4.67. The van der Waals surface area contributed by atoms with Gasteiger partial charge in [-0.3, -0.25) is 0 Å². The number of hydrogen-bond acceptors (Lipinski definition) is 2. The molecule has 1 aromatic rings. The Hall–Kier alpha value is -1.02. The Balaban J connectivity index is 1.62. The van der Waals surface area contributed by atoms with Crippen LogP contribution in [-0.2, 0) is 0 Å². The molecule has 2 heteroatoms. The lowest BCUT2D eigenvalue weighted by atomic mass is 9.94. The first-order valence-corrected chi connectivity index (χ1v) is 7.68. The van der Waals surface area contributed by atoms with Crippen molar-refractivity contribution in [2.75, 3.05) is 6.54 Å². The van der Waals surface area contributed by atoms with E-state index in [4.69, 9.17) is 4.74 Å². The van der Waals surface area contributed by atoms with Gasteiger partial charge >= 0.3 is 0 Å². The summed E-state index contributed by atoms with van der Waals surface area (Å²) in [6.07, 6.45) is 7.05. The molecular formula is C17H25NO. The van der Waals surface area contributed by atoms with Crippen LogP contribution >= 0.6 is 0 Å². The first-order chi connectivity index (χ1) is 9.17. The van der Waals surface area contributed by atoms with E-state index in [0.717, 1.165) is 18.2 Å². The molecule has 1 saturated carbocycles. The zero-order valence-corrected chi connectivity index (χ0v) is 12.1. The van der Waals surface area contributed by atoms with E-state index in [2.05, 4.69) is 43.4 Å². The molecule has 1 aliphatic heterocycles. The molecule has 104 valence electrons. The van der Waals surface area contributed by atoms with E-state index in [0.29, 0.717) is 6.04 Å². The molecule has 1 unspecified atom stereocenters. The van der Waals surface area contributed by atoms with Crippen molar-refractivity contribution >= 4 is 0 Å². The molecule has 0 amide bonds. The maximum absolute atomic E-state index is 6.07. The lowest BCUT2D eigenvalue weighted by Gasteiger charge is -2.27. The van der Waals surface area contributed by atoms with Crippen LogP contribution in [0.4, 0.5) is 0 Å². The van der Waals surface area contributed by atoms with Crippen molar-refractivity contribution in [3.8, 4) is 5.75 Å². The van der Waals surface area contributed by atoms with Gasteiger partial charge in [0.2, 0.25) is 0 Å². The van der Waals surface area contributed by atoms with Gasteiger partial charge in [-0.15, -0.1) is 0 Å². The maximum atomic E-state index is 6.07. The largest absolute Gasteiger partial charge is 0.486 e. The quantitative estimate of drug-likeness (QED) is 0.880. The summed E-state index contributed by atoms with van der Waals surface area (Å²) in [5.74, 6) is 2.00. The average molecular weight is 259 g/mol. The van der Waals surface area contributed by atoms with Gasteiger partial charge in [0, 0.05) is 5.56 Å². The molecule has 2 aliphatic rings. The Labute approximate surface area is 116 Å². The molecule has 2 nitrogen and oxygen atoms in total. The van der Waals surface area contributed by atoms with Crippen LogP contribution in [0.5, 0.6) is 5.75 Å². The van der Waals surface area contributed by atoms with E-state index < -0.39 is 0 Å². The summed E-state index contributed by atoms with van der Waals surface area (Å²) in [7, 11) is 0. The molecule has 19 heavy (non-hydrogen) atoms. The minimum atomic E-state index is -0.140. The first-order valence-electron chi connectivity index (χ1n) is 7.68. The highest BCUT2D eigenvalue weighted by Gasteiger charge is 2.40. The second-order valence-electron chi connectivity index (χ2n) is 6.57. The summed E-state index contributed by atoms with van der Waals surface area (Å²) in [5.41, 5.74) is 1.18. The number of nitrogens with one attached hydrogen (secondary N) is 1. The molecule has 1 aromatic carbocycles. The van der Waals surface area contributed by atoms with E-state index in [1.165, 1.54) is 37.7 Å². The number of para-hydroxylation sites is 1. The molecule has 0 radical (unpaired) electrons. The van der Waals surface area contributed by atoms with Crippen LogP contribution < -0.4 is 10.1 Å². The Morgan fingerprint density at radius 2 is 1.95 bits per heavy atom. The molecule has 0 spiro atoms. The van der Waals surface area contributed by atoms with Gasteiger partial charge in [0.25, 0.3) is 0 Å². The predicted molar refractivity (Wildman–Crippen MR) is 78.5 cm³/mol. The van der Waals surface area contributed by atoms with Gasteiger partial charge in [-0.25, -0.2) is 0 Å². The predicted octanol–water partition coefficient (Wildman–Crippen LogP) is 4.07. The van der Waals surface area contributed by atoms with Crippen LogP contribution in [0.1, 0.15) is 57.6 Å². The number of hydrogen-bond donors (Lipinski definition) is 1. The van der Waals surface area contributed by atoms with Crippen molar-refractivity contribution in [3.63, 3.8) is 0 Å². The monoisotopic (exact) mass is 259 g/mol. The first kappa shape index (κ1) is 13.0. The maximum Gasteiger partial charge on any atom is 0.125 e. The summed E-state index contributed by atoms with van der Waals surface area (Å²) in [6.45, 7) is 5.47.